The van der Waals surface area contributed by atoms with E-state index in [1.807, 2.05) is 39.8 Å². The van der Waals surface area contributed by atoms with Crippen LogP contribution in [0, 0.1) is 0 Å². The first-order valence-electron chi connectivity index (χ1n) is 4.94. The first-order chi connectivity index (χ1) is 6.86. The van der Waals surface area contributed by atoms with Crippen molar-refractivity contribution in [2.45, 2.75) is 27.7 Å². The molecule has 0 aliphatic heterocycles. The van der Waals surface area contributed by atoms with Crippen molar-refractivity contribution in [2.75, 3.05) is 0 Å². The molecular formula is C11H17NO2. The Balaban J connectivity index is 0.000000379. The molecule has 0 saturated heterocycles. The van der Waals surface area contributed by atoms with Gasteiger partial charge in [0.1, 0.15) is 0 Å². The number of oxazole rings is 1. The fourth-order valence-electron chi connectivity index (χ4n) is 0.894. The van der Waals surface area contributed by atoms with Gasteiger partial charge in [-0.25, -0.2) is 4.79 Å². The number of hydrogen-bond donors (Lipinski definition) is 1. The van der Waals surface area contributed by atoms with E-state index in [0.717, 1.165) is 5.52 Å². The van der Waals surface area contributed by atoms with Crippen molar-refractivity contribution in [1.29, 1.82) is 0 Å². The topological polar surface area (TPSA) is 46.0 Å². The molecule has 3 heteroatoms. The van der Waals surface area contributed by atoms with E-state index in [0.29, 0.717) is 5.58 Å². The number of hydrogen-bond acceptors (Lipinski definition) is 2. The lowest BCUT2D eigenvalue weighted by molar-refractivity contribution is 0.555. The second kappa shape index (κ2) is 6.95. The summed E-state index contributed by atoms with van der Waals surface area (Å²) in [5.41, 5.74) is 1.35. The van der Waals surface area contributed by atoms with Crippen molar-refractivity contribution in [3.05, 3.63) is 34.8 Å². The number of H-pyrrole nitrogens is 1. The highest BCUT2D eigenvalue weighted by Crippen LogP contribution is 2.06. The molecule has 2 rings (SSSR count). The van der Waals surface area contributed by atoms with Crippen LogP contribution >= 0.6 is 0 Å². The summed E-state index contributed by atoms with van der Waals surface area (Å²) in [7, 11) is 0. The van der Waals surface area contributed by atoms with E-state index in [4.69, 9.17) is 4.42 Å². The number of aromatic amines is 1. The summed E-state index contributed by atoms with van der Waals surface area (Å²) in [6.45, 7) is 8.00. The van der Waals surface area contributed by atoms with Gasteiger partial charge in [0.2, 0.25) is 0 Å². The van der Waals surface area contributed by atoms with Crippen molar-refractivity contribution in [2.24, 2.45) is 0 Å². The minimum atomic E-state index is -0.402. The SMILES string of the molecule is CC.CC.O=c1[nH]c2ccccc2o1. The molecule has 3 nitrogen and oxygen atoms in total. The zero-order valence-corrected chi connectivity index (χ0v) is 9.13. The van der Waals surface area contributed by atoms with Crippen LogP contribution in [-0.2, 0) is 0 Å². The van der Waals surface area contributed by atoms with Crippen LogP contribution in [0.3, 0.4) is 0 Å². The van der Waals surface area contributed by atoms with Gasteiger partial charge in [0.15, 0.2) is 5.58 Å². The van der Waals surface area contributed by atoms with Gasteiger partial charge in [0.25, 0.3) is 0 Å². The molecule has 0 amide bonds. The standard InChI is InChI=1S/C7H5NO2.2C2H6/c9-7-8-5-3-1-2-4-6(5)10-7;2*1-2/h1-4H,(H,8,9);2*1-2H3. The lowest BCUT2D eigenvalue weighted by Crippen LogP contribution is -1.92. The van der Waals surface area contributed by atoms with Crippen molar-refractivity contribution < 1.29 is 4.42 Å². The van der Waals surface area contributed by atoms with E-state index in [-0.39, 0.29) is 0 Å². The van der Waals surface area contributed by atoms with E-state index in [1.54, 1.807) is 12.1 Å². The van der Waals surface area contributed by atoms with Crippen molar-refractivity contribution in [3.63, 3.8) is 0 Å². The second-order valence-corrected chi connectivity index (χ2v) is 2.01. The van der Waals surface area contributed by atoms with Crippen LogP contribution in [0.2, 0.25) is 0 Å². The Morgan fingerprint density at radius 2 is 1.64 bits per heavy atom. The highest BCUT2D eigenvalue weighted by atomic mass is 16.4. The second-order valence-electron chi connectivity index (χ2n) is 2.01. The molecule has 0 saturated carbocycles. The molecular weight excluding hydrogens is 178 g/mol. The fraction of sp³-hybridized carbons (Fsp3) is 0.364. The highest BCUT2D eigenvalue weighted by molar-refractivity contribution is 5.71. The zero-order valence-electron chi connectivity index (χ0n) is 9.13. The van der Waals surface area contributed by atoms with Gasteiger partial charge >= 0.3 is 5.76 Å². The van der Waals surface area contributed by atoms with Gasteiger partial charge in [0.05, 0.1) is 5.52 Å². The molecule has 0 spiro atoms. The minimum Gasteiger partial charge on any atom is -0.408 e. The molecule has 2 aromatic rings. The predicted molar refractivity (Wildman–Crippen MR) is 59.5 cm³/mol. The summed E-state index contributed by atoms with van der Waals surface area (Å²) in [4.78, 5) is 13.1. The van der Waals surface area contributed by atoms with Gasteiger partial charge in [-0.15, -0.1) is 0 Å². The Morgan fingerprint density at radius 1 is 1.07 bits per heavy atom. The first kappa shape index (κ1) is 12.5. The molecule has 0 fully saturated rings. The summed E-state index contributed by atoms with van der Waals surface area (Å²) in [5, 5.41) is 0. The average Bonchev–Trinajstić information content (AvgIpc) is 2.64. The van der Waals surface area contributed by atoms with Gasteiger partial charge in [-0.3, -0.25) is 4.98 Å². The molecule has 78 valence electrons. The number of fused-ring (bicyclic) bond motifs is 1. The van der Waals surface area contributed by atoms with Gasteiger partial charge < -0.3 is 4.42 Å². The number of benzene rings is 1. The molecule has 0 bridgehead atoms. The highest BCUT2D eigenvalue weighted by Gasteiger charge is 1.95. The average molecular weight is 195 g/mol. The van der Waals surface area contributed by atoms with Crippen LogP contribution in [0.5, 0.6) is 0 Å². The maximum atomic E-state index is 10.6. The summed E-state index contributed by atoms with van der Waals surface area (Å²) in [6.07, 6.45) is 0. The maximum Gasteiger partial charge on any atom is 0.417 e. The van der Waals surface area contributed by atoms with Crippen LogP contribution in [0.15, 0.2) is 33.5 Å². The quantitative estimate of drug-likeness (QED) is 0.701. The summed E-state index contributed by atoms with van der Waals surface area (Å²) < 4.78 is 4.76. The van der Waals surface area contributed by atoms with E-state index in [1.165, 1.54) is 0 Å². The van der Waals surface area contributed by atoms with Gasteiger partial charge in [-0.1, -0.05) is 39.8 Å². The third-order valence-corrected chi connectivity index (χ3v) is 1.33. The Labute approximate surface area is 83.8 Å². The van der Waals surface area contributed by atoms with E-state index < -0.39 is 5.76 Å². The lowest BCUT2D eigenvalue weighted by atomic mass is 10.3. The molecule has 0 radical (unpaired) electrons. The van der Waals surface area contributed by atoms with Crippen LogP contribution in [0.25, 0.3) is 11.1 Å². The van der Waals surface area contributed by atoms with Gasteiger partial charge in [-0.05, 0) is 12.1 Å². The van der Waals surface area contributed by atoms with E-state index in [9.17, 15) is 4.79 Å². The monoisotopic (exact) mass is 195 g/mol. The molecule has 0 atom stereocenters. The maximum absolute atomic E-state index is 10.6. The molecule has 1 N–H and O–H groups in total. The smallest absolute Gasteiger partial charge is 0.408 e. The molecule has 1 heterocycles. The molecule has 0 aliphatic rings. The van der Waals surface area contributed by atoms with Crippen LogP contribution in [0.4, 0.5) is 0 Å². The fourth-order valence-corrected chi connectivity index (χ4v) is 0.894. The Kier molecular flexibility index (Phi) is 6.20. The Bertz CT molecular complexity index is 365. The van der Waals surface area contributed by atoms with E-state index in [2.05, 4.69) is 4.98 Å². The zero-order chi connectivity index (χ0) is 11.0. The van der Waals surface area contributed by atoms with Crippen LogP contribution < -0.4 is 5.76 Å². The molecule has 0 aliphatic carbocycles. The first-order valence-corrected chi connectivity index (χ1v) is 4.94. The Morgan fingerprint density at radius 3 is 2.21 bits per heavy atom. The number of aromatic nitrogens is 1. The molecule has 0 unspecified atom stereocenters. The third kappa shape index (κ3) is 3.09. The molecule has 14 heavy (non-hydrogen) atoms. The molecule has 1 aromatic heterocycles. The number of para-hydroxylation sites is 2. The van der Waals surface area contributed by atoms with Crippen molar-refractivity contribution in [3.8, 4) is 0 Å². The minimum absolute atomic E-state index is 0.402. The van der Waals surface area contributed by atoms with E-state index >= 15 is 0 Å². The molecule has 1 aromatic carbocycles. The number of rotatable bonds is 0. The Hall–Kier alpha value is -1.51. The largest absolute Gasteiger partial charge is 0.417 e. The van der Waals surface area contributed by atoms with Crippen molar-refractivity contribution in [1.82, 2.24) is 4.98 Å². The van der Waals surface area contributed by atoms with Crippen molar-refractivity contribution >= 4 is 11.1 Å². The summed E-state index contributed by atoms with van der Waals surface area (Å²) in [6, 6.07) is 7.19. The van der Waals surface area contributed by atoms with Crippen LogP contribution in [-0.4, -0.2) is 4.98 Å². The summed E-state index contributed by atoms with van der Waals surface area (Å²) in [5.74, 6) is -0.402. The van der Waals surface area contributed by atoms with Crippen LogP contribution in [0.1, 0.15) is 27.7 Å². The number of nitrogens with one attached hydrogen (secondary N) is 1. The van der Waals surface area contributed by atoms with Gasteiger partial charge in [-0.2, -0.15) is 0 Å². The third-order valence-electron chi connectivity index (χ3n) is 1.33. The van der Waals surface area contributed by atoms with Gasteiger partial charge in [0, 0.05) is 0 Å². The lowest BCUT2D eigenvalue weighted by Gasteiger charge is -1.79. The summed E-state index contributed by atoms with van der Waals surface area (Å²) >= 11 is 0. The normalized spacial score (nSPS) is 8.29. The predicted octanol–water partition coefficient (Wildman–Crippen LogP) is 3.17.